The minimum Gasteiger partial charge on any atom is -0.492 e. The lowest BCUT2D eigenvalue weighted by Crippen LogP contribution is -2.53. The van der Waals surface area contributed by atoms with Gasteiger partial charge in [0.15, 0.2) is 5.96 Å². The molecule has 1 saturated heterocycles. The largest absolute Gasteiger partial charge is 0.492 e. The normalized spacial score (nSPS) is 16.5. The highest BCUT2D eigenvalue weighted by Gasteiger charge is 2.21. The highest BCUT2D eigenvalue weighted by molar-refractivity contribution is 5.80. The van der Waals surface area contributed by atoms with Crippen molar-refractivity contribution < 1.29 is 9.26 Å². The van der Waals surface area contributed by atoms with Crippen molar-refractivity contribution >= 4 is 5.96 Å². The van der Waals surface area contributed by atoms with Crippen LogP contribution in [0.5, 0.6) is 5.75 Å². The Bertz CT molecular complexity index is 778. The van der Waals surface area contributed by atoms with Crippen LogP contribution < -0.4 is 10.1 Å². The third kappa shape index (κ3) is 5.98. The van der Waals surface area contributed by atoms with Crippen LogP contribution in [0.2, 0.25) is 0 Å². The molecule has 0 aliphatic carbocycles. The molecule has 2 aromatic rings. The molecule has 1 fully saturated rings. The molecule has 1 aliphatic heterocycles. The quantitative estimate of drug-likeness (QED) is 0.530. The number of aliphatic imine (C=N–C) groups is 1. The van der Waals surface area contributed by atoms with E-state index in [-0.39, 0.29) is 5.92 Å². The molecular weight excluding hydrogens is 378 g/mol. The van der Waals surface area contributed by atoms with Gasteiger partial charge in [0.2, 0.25) is 0 Å². The number of piperazine rings is 1. The number of nitrogens with one attached hydrogen (secondary N) is 1. The lowest BCUT2D eigenvalue weighted by Gasteiger charge is -2.36. The number of ether oxygens (including phenoxy) is 1. The summed E-state index contributed by atoms with van der Waals surface area (Å²) in [5, 5.41) is 7.53. The Labute approximate surface area is 180 Å². The summed E-state index contributed by atoms with van der Waals surface area (Å²) in [6.45, 7) is 15.5. The van der Waals surface area contributed by atoms with E-state index in [0.29, 0.717) is 6.61 Å². The molecule has 0 bridgehead atoms. The molecule has 0 saturated carbocycles. The van der Waals surface area contributed by atoms with Crippen LogP contribution in [0.4, 0.5) is 0 Å². The molecule has 1 N–H and O–H groups in total. The average Bonchev–Trinajstić information content (AvgIpc) is 3.10. The monoisotopic (exact) mass is 413 g/mol. The molecule has 1 aliphatic rings. The van der Waals surface area contributed by atoms with E-state index in [4.69, 9.17) is 14.3 Å². The molecule has 7 heteroatoms. The summed E-state index contributed by atoms with van der Waals surface area (Å²) in [4.78, 5) is 9.73. The predicted molar refractivity (Wildman–Crippen MR) is 120 cm³/mol. The van der Waals surface area contributed by atoms with Gasteiger partial charge < -0.3 is 19.5 Å². The second-order valence-electron chi connectivity index (χ2n) is 7.82. The van der Waals surface area contributed by atoms with Crippen molar-refractivity contribution in [1.29, 1.82) is 0 Å². The standard InChI is InChI=1S/C23H35N5O2/c1-5-24-23(25-17-18(2)22-19(3)26-30-20(22)4)28-13-11-27(12-14-28)15-16-29-21-9-7-6-8-10-21/h6-10,18H,5,11-17H2,1-4H3,(H,24,25). The summed E-state index contributed by atoms with van der Waals surface area (Å²) in [6.07, 6.45) is 0. The summed E-state index contributed by atoms with van der Waals surface area (Å²) < 4.78 is 11.2. The number of hydrogen-bond acceptors (Lipinski definition) is 5. The van der Waals surface area contributed by atoms with Crippen molar-refractivity contribution in [1.82, 2.24) is 20.3 Å². The Morgan fingerprint density at radius 1 is 1.20 bits per heavy atom. The van der Waals surface area contributed by atoms with Crippen molar-refractivity contribution in [2.24, 2.45) is 4.99 Å². The Morgan fingerprint density at radius 2 is 1.93 bits per heavy atom. The van der Waals surface area contributed by atoms with Crippen LogP contribution >= 0.6 is 0 Å². The Morgan fingerprint density at radius 3 is 2.57 bits per heavy atom. The van der Waals surface area contributed by atoms with E-state index in [1.165, 1.54) is 5.56 Å². The SMILES string of the molecule is CCNC(=NCC(C)c1c(C)noc1C)N1CCN(CCOc2ccccc2)CC1. The predicted octanol–water partition coefficient (Wildman–Crippen LogP) is 3.06. The van der Waals surface area contributed by atoms with Gasteiger partial charge in [-0.3, -0.25) is 9.89 Å². The van der Waals surface area contributed by atoms with Crippen LogP contribution in [0.15, 0.2) is 39.8 Å². The number of aryl methyl sites for hydroxylation is 2. The van der Waals surface area contributed by atoms with E-state index in [1.807, 2.05) is 44.2 Å². The zero-order valence-electron chi connectivity index (χ0n) is 18.7. The molecule has 2 heterocycles. The Hall–Kier alpha value is -2.54. The molecule has 0 radical (unpaired) electrons. The van der Waals surface area contributed by atoms with Gasteiger partial charge in [0.05, 0.1) is 5.69 Å². The van der Waals surface area contributed by atoms with Crippen LogP contribution in [0, 0.1) is 13.8 Å². The van der Waals surface area contributed by atoms with Crippen molar-refractivity contribution in [3.63, 3.8) is 0 Å². The van der Waals surface area contributed by atoms with Crippen LogP contribution in [-0.2, 0) is 0 Å². The molecule has 30 heavy (non-hydrogen) atoms. The average molecular weight is 414 g/mol. The smallest absolute Gasteiger partial charge is 0.194 e. The number of para-hydroxylation sites is 1. The first-order valence-corrected chi connectivity index (χ1v) is 10.9. The van der Waals surface area contributed by atoms with Crippen LogP contribution in [0.1, 0.15) is 36.8 Å². The van der Waals surface area contributed by atoms with Crippen molar-refractivity contribution in [2.45, 2.75) is 33.6 Å². The summed E-state index contributed by atoms with van der Waals surface area (Å²) in [7, 11) is 0. The zero-order valence-corrected chi connectivity index (χ0v) is 18.7. The van der Waals surface area contributed by atoms with E-state index < -0.39 is 0 Å². The van der Waals surface area contributed by atoms with Gasteiger partial charge in [0, 0.05) is 57.3 Å². The number of rotatable bonds is 8. The minimum atomic E-state index is 0.279. The Balaban J connectivity index is 1.48. The topological polar surface area (TPSA) is 66.1 Å². The first-order chi connectivity index (χ1) is 14.6. The van der Waals surface area contributed by atoms with Gasteiger partial charge in [-0.25, -0.2) is 0 Å². The third-order valence-corrected chi connectivity index (χ3v) is 5.52. The van der Waals surface area contributed by atoms with Gasteiger partial charge in [-0.05, 0) is 32.9 Å². The van der Waals surface area contributed by atoms with Gasteiger partial charge >= 0.3 is 0 Å². The van der Waals surface area contributed by atoms with Crippen molar-refractivity contribution in [3.05, 3.63) is 47.3 Å². The van der Waals surface area contributed by atoms with E-state index in [9.17, 15) is 0 Å². The molecule has 7 nitrogen and oxygen atoms in total. The fourth-order valence-electron chi connectivity index (χ4n) is 3.93. The summed E-state index contributed by atoms with van der Waals surface area (Å²) in [5.74, 6) is 3.11. The number of benzene rings is 1. The summed E-state index contributed by atoms with van der Waals surface area (Å²) in [5.41, 5.74) is 2.14. The second kappa shape index (κ2) is 11.0. The molecule has 1 atom stereocenters. The Kier molecular flexibility index (Phi) is 8.13. The molecule has 164 valence electrons. The summed E-state index contributed by atoms with van der Waals surface area (Å²) >= 11 is 0. The van der Waals surface area contributed by atoms with E-state index in [1.54, 1.807) is 0 Å². The zero-order chi connectivity index (χ0) is 21.3. The summed E-state index contributed by atoms with van der Waals surface area (Å²) in [6, 6.07) is 10.0. The maximum atomic E-state index is 5.84. The van der Waals surface area contributed by atoms with Gasteiger partial charge in [-0.15, -0.1) is 0 Å². The fourth-order valence-corrected chi connectivity index (χ4v) is 3.93. The van der Waals surface area contributed by atoms with Crippen molar-refractivity contribution in [3.8, 4) is 5.75 Å². The number of hydrogen-bond donors (Lipinski definition) is 1. The molecule has 3 rings (SSSR count). The lowest BCUT2D eigenvalue weighted by atomic mass is 10.00. The first kappa shape index (κ1) is 22.2. The maximum Gasteiger partial charge on any atom is 0.194 e. The molecule has 0 spiro atoms. The van der Waals surface area contributed by atoms with Gasteiger partial charge in [0.25, 0.3) is 0 Å². The third-order valence-electron chi connectivity index (χ3n) is 5.52. The number of nitrogens with zero attached hydrogens (tertiary/aromatic N) is 4. The fraction of sp³-hybridized carbons (Fsp3) is 0.565. The van der Waals surface area contributed by atoms with Crippen LogP contribution in [0.3, 0.4) is 0 Å². The molecule has 0 amide bonds. The van der Waals surface area contributed by atoms with Crippen LogP contribution in [0.25, 0.3) is 0 Å². The second-order valence-corrected chi connectivity index (χ2v) is 7.82. The highest BCUT2D eigenvalue weighted by Crippen LogP contribution is 2.23. The van der Waals surface area contributed by atoms with Gasteiger partial charge in [0.1, 0.15) is 18.1 Å². The molecule has 1 aromatic heterocycles. The number of aromatic nitrogens is 1. The molecule has 1 aromatic carbocycles. The van der Waals surface area contributed by atoms with Crippen molar-refractivity contribution in [2.75, 3.05) is 52.4 Å². The van der Waals surface area contributed by atoms with Gasteiger partial charge in [-0.2, -0.15) is 0 Å². The van der Waals surface area contributed by atoms with E-state index >= 15 is 0 Å². The van der Waals surface area contributed by atoms with E-state index in [2.05, 4.69) is 34.1 Å². The highest BCUT2D eigenvalue weighted by atomic mass is 16.5. The van der Waals surface area contributed by atoms with Gasteiger partial charge in [-0.1, -0.05) is 30.3 Å². The van der Waals surface area contributed by atoms with Crippen LogP contribution in [-0.4, -0.2) is 73.3 Å². The molecule has 1 unspecified atom stereocenters. The number of guanidine groups is 1. The lowest BCUT2D eigenvalue weighted by molar-refractivity contribution is 0.152. The first-order valence-electron chi connectivity index (χ1n) is 10.9. The molecular formula is C23H35N5O2. The van der Waals surface area contributed by atoms with E-state index in [0.717, 1.165) is 69.0 Å². The maximum absolute atomic E-state index is 5.84. The minimum absolute atomic E-state index is 0.279.